The van der Waals surface area contributed by atoms with Crippen LogP contribution in [-0.2, 0) is 11.3 Å². The lowest BCUT2D eigenvalue weighted by Gasteiger charge is -2.11. The molecule has 0 aliphatic carbocycles. The summed E-state index contributed by atoms with van der Waals surface area (Å²) >= 11 is 0. The Kier molecular flexibility index (Phi) is 6.76. The molecule has 6 aromatic rings. The van der Waals surface area contributed by atoms with Crippen molar-refractivity contribution in [1.82, 2.24) is 35.0 Å². The molecule has 10 heteroatoms. The van der Waals surface area contributed by atoms with E-state index < -0.39 is 0 Å². The van der Waals surface area contributed by atoms with Crippen LogP contribution in [0.5, 0.6) is 0 Å². The first kappa shape index (κ1) is 26.3. The molecule has 2 aromatic carbocycles. The number of aromatic nitrogens is 6. The number of benzene rings is 2. The summed E-state index contributed by atoms with van der Waals surface area (Å²) in [4.78, 5) is 31.1. The molecule has 3 N–H and O–H groups in total. The summed E-state index contributed by atoms with van der Waals surface area (Å²) in [6.07, 6.45) is 6.81. The van der Waals surface area contributed by atoms with Crippen LogP contribution in [0.2, 0.25) is 0 Å². The Hall–Kier alpha value is -4.96. The number of imidazole rings is 1. The maximum Gasteiger partial charge on any atom is 0.226 e. The van der Waals surface area contributed by atoms with Crippen molar-refractivity contribution in [2.75, 3.05) is 19.4 Å². The van der Waals surface area contributed by atoms with Gasteiger partial charge in [0.1, 0.15) is 11.5 Å². The normalized spacial score (nSPS) is 11.7. The molecular formula is C31H29FN8O. The fourth-order valence-electron chi connectivity index (χ4n) is 4.85. The summed E-state index contributed by atoms with van der Waals surface area (Å²) in [5.41, 5.74) is 7.62. The van der Waals surface area contributed by atoms with Gasteiger partial charge < -0.3 is 15.2 Å². The Morgan fingerprint density at radius 3 is 2.59 bits per heavy atom. The number of carbonyl (C=O) groups is 1. The van der Waals surface area contributed by atoms with Gasteiger partial charge in [-0.05, 0) is 67.2 Å². The predicted molar refractivity (Wildman–Crippen MR) is 158 cm³/mol. The fourth-order valence-corrected chi connectivity index (χ4v) is 4.85. The number of carbonyl (C=O) groups excluding carboxylic acids is 1. The molecule has 0 radical (unpaired) electrons. The van der Waals surface area contributed by atoms with E-state index in [1.165, 1.54) is 6.07 Å². The summed E-state index contributed by atoms with van der Waals surface area (Å²) < 4.78 is 14.6. The third-order valence-corrected chi connectivity index (χ3v) is 6.81. The van der Waals surface area contributed by atoms with Crippen molar-refractivity contribution in [3.63, 3.8) is 0 Å². The van der Waals surface area contributed by atoms with Gasteiger partial charge in [-0.25, -0.2) is 9.37 Å². The number of fused-ring (bicyclic) bond motifs is 2. The van der Waals surface area contributed by atoms with Crippen LogP contribution in [0.25, 0.3) is 55.7 Å². The number of H-pyrrole nitrogens is 2. The second-order valence-electron chi connectivity index (χ2n) is 10.7. The van der Waals surface area contributed by atoms with E-state index in [1.54, 1.807) is 30.9 Å². The number of anilines is 1. The molecule has 4 heterocycles. The maximum absolute atomic E-state index is 14.6. The van der Waals surface area contributed by atoms with Gasteiger partial charge in [-0.2, -0.15) is 5.10 Å². The molecule has 0 aliphatic rings. The Morgan fingerprint density at radius 1 is 0.951 bits per heavy atom. The molecule has 0 aliphatic heterocycles. The van der Waals surface area contributed by atoms with Crippen molar-refractivity contribution in [3.8, 4) is 33.8 Å². The van der Waals surface area contributed by atoms with E-state index in [2.05, 4.69) is 30.5 Å². The van der Waals surface area contributed by atoms with Crippen LogP contribution in [0, 0.1) is 11.7 Å². The topological polar surface area (TPSA) is 115 Å². The van der Waals surface area contributed by atoms with Crippen LogP contribution in [0.4, 0.5) is 10.1 Å². The van der Waals surface area contributed by atoms with E-state index >= 15 is 0 Å². The molecule has 0 fully saturated rings. The molecule has 0 saturated heterocycles. The molecule has 0 bridgehead atoms. The second kappa shape index (κ2) is 10.5. The van der Waals surface area contributed by atoms with Crippen molar-refractivity contribution in [2.45, 2.75) is 20.4 Å². The minimum absolute atomic E-state index is 0.0672. The van der Waals surface area contributed by atoms with Crippen molar-refractivity contribution >= 4 is 33.5 Å². The Labute approximate surface area is 235 Å². The van der Waals surface area contributed by atoms with Gasteiger partial charge >= 0.3 is 0 Å². The van der Waals surface area contributed by atoms with Crippen LogP contribution in [0.15, 0.2) is 67.3 Å². The SMILES string of the molecule is CC(C)C(=O)Nc1cncc(-c2ccc3[nH]nc(-c4nc5c(-c6cc(F)cc(CN(C)C)c6)cncc5[nH]4)c3c2)c1. The third-order valence-electron chi connectivity index (χ3n) is 6.81. The lowest BCUT2D eigenvalue weighted by molar-refractivity contribution is -0.118. The van der Waals surface area contributed by atoms with Gasteiger partial charge in [-0.3, -0.25) is 19.9 Å². The Morgan fingerprint density at radius 2 is 1.78 bits per heavy atom. The highest BCUT2D eigenvalue weighted by molar-refractivity contribution is 5.98. The molecule has 9 nitrogen and oxygen atoms in total. The molecule has 4 aromatic heterocycles. The zero-order valence-corrected chi connectivity index (χ0v) is 23.2. The van der Waals surface area contributed by atoms with Gasteiger partial charge in [0.25, 0.3) is 0 Å². The van der Waals surface area contributed by atoms with Crippen LogP contribution in [0.1, 0.15) is 19.4 Å². The summed E-state index contributed by atoms with van der Waals surface area (Å²) in [7, 11) is 3.90. The van der Waals surface area contributed by atoms with Gasteiger partial charge in [0, 0.05) is 41.4 Å². The number of nitrogens with one attached hydrogen (secondary N) is 3. The van der Waals surface area contributed by atoms with E-state index in [-0.39, 0.29) is 17.6 Å². The standard InChI is InChI=1S/C31H29FN8O/c1-17(2)31(41)35-23-10-21(12-33-13-23)19-5-6-26-24(11-19)29(39-38-26)30-36-27-15-34-14-25(28(27)37-30)20-7-18(16-40(3)4)8-22(32)9-20/h5-15,17H,16H2,1-4H3,(H,35,41)(H,36,37)(H,38,39). The molecule has 41 heavy (non-hydrogen) atoms. The van der Waals surface area contributed by atoms with Crippen LogP contribution in [-0.4, -0.2) is 55.0 Å². The zero-order chi connectivity index (χ0) is 28.7. The second-order valence-corrected chi connectivity index (χ2v) is 10.7. The molecule has 0 spiro atoms. The van der Waals surface area contributed by atoms with Gasteiger partial charge in [0.05, 0.1) is 34.6 Å². The number of nitrogens with zero attached hydrogens (tertiary/aromatic N) is 5. The largest absolute Gasteiger partial charge is 0.335 e. The predicted octanol–water partition coefficient (Wildman–Crippen LogP) is 6.03. The smallest absolute Gasteiger partial charge is 0.226 e. The molecule has 206 valence electrons. The quantitative estimate of drug-likeness (QED) is 0.225. The summed E-state index contributed by atoms with van der Waals surface area (Å²) in [6, 6.07) is 12.9. The lowest BCUT2D eigenvalue weighted by Crippen LogP contribution is -2.17. The average molecular weight is 549 g/mol. The van der Waals surface area contributed by atoms with E-state index in [9.17, 15) is 9.18 Å². The first-order valence-electron chi connectivity index (χ1n) is 13.3. The van der Waals surface area contributed by atoms with Crippen LogP contribution < -0.4 is 5.32 Å². The zero-order valence-electron chi connectivity index (χ0n) is 23.2. The third kappa shape index (κ3) is 5.29. The highest BCUT2D eigenvalue weighted by atomic mass is 19.1. The van der Waals surface area contributed by atoms with E-state index in [1.807, 2.05) is 63.2 Å². The minimum atomic E-state index is -0.305. The van der Waals surface area contributed by atoms with E-state index in [0.717, 1.165) is 38.7 Å². The monoisotopic (exact) mass is 548 g/mol. The maximum atomic E-state index is 14.6. The molecular weight excluding hydrogens is 519 g/mol. The minimum Gasteiger partial charge on any atom is -0.335 e. The summed E-state index contributed by atoms with van der Waals surface area (Å²) in [5.74, 6) is 0.0605. The molecule has 6 rings (SSSR count). The van der Waals surface area contributed by atoms with Crippen LogP contribution in [0.3, 0.4) is 0 Å². The fraction of sp³-hybridized carbons (Fsp3) is 0.194. The van der Waals surface area contributed by atoms with Gasteiger partial charge in [0.15, 0.2) is 5.82 Å². The molecule has 0 atom stereocenters. The highest BCUT2D eigenvalue weighted by Crippen LogP contribution is 2.33. The Balaban J connectivity index is 1.40. The molecule has 0 saturated carbocycles. The van der Waals surface area contributed by atoms with Crippen molar-refractivity contribution < 1.29 is 9.18 Å². The number of hydrogen-bond donors (Lipinski definition) is 3. The van der Waals surface area contributed by atoms with Crippen molar-refractivity contribution in [2.24, 2.45) is 5.92 Å². The Bertz CT molecular complexity index is 1910. The van der Waals surface area contributed by atoms with E-state index in [0.29, 0.717) is 34.8 Å². The van der Waals surface area contributed by atoms with E-state index in [4.69, 9.17) is 4.98 Å². The average Bonchev–Trinajstić information content (AvgIpc) is 3.56. The number of rotatable bonds is 7. The summed E-state index contributed by atoms with van der Waals surface area (Å²) in [6.45, 7) is 4.31. The number of hydrogen-bond acceptors (Lipinski definition) is 6. The number of aromatic amines is 2. The van der Waals surface area contributed by atoms with Gasteiger partial charge in [-0.1, -0.05) is 19.9 Å². The van der Waals surface area contributed by atoms with Crippen molar-refractivity contribution in [1.29, 1.82) is 0 Å². The molecule has 1 amide bonds. The van der Waals surface area contributed by atoms with Gasteiger partial charge in [-0.15, -0.1) is 0 Å². The number of halogens is 1. The first-order chi connectivity index (χ1) is 19.7. The highest BCUT2D eigenvalue weighted by Gasteiger charge is 2.17. The summed E-state index contributed by atoms with van der Waals surface area (Å²) in [5, 5.41) is 11.4. The first-order valence-corrected chi connectivity index (χ1v) is 13.3. The van der Waals surface area contributed by atoms with Crippen molar-refractivity contribution in [3.05, 3.63) is 78.6 Å². The lowest BCUT2D eigenvalue weighted by atomic mass is 10.0. The number of pyridine rings is 2. The number of amides is 1. The molecule has 0 unspecified atom stereocenters. The van der Waals surface area contributed by atoms with Crippen LogP contribution >= 0.6 is 0 Å². The van der Waals surface area contributed by atoms with Gasteiger partial charge in [0.2, 0.25) is 5.91 Å².